The molecule has 0 amide bonds. The van der Waals surface area contributed by atoms with Crippen LogP contribution >= 0.6 is 11.6 Å². The molecule has 12 heavy (non-hydrogen) atoms. The van der Waals surface area contributed by atoms with Crippen molar-refractivity contribution in [3.63, 3.8) is 0 Å². The Bertz CT molecular complexity index is 354. The fourth-order valence-corrected chi connectivity index (χ4v) is 1.58. The molecule has 0 radical (unpaired) electrons. The van der Waals surface area contributed by atoms with Crippen LogP contribution in [0, 0.1) is 0 Å². The van der Waals surface area contributed by atoms with E-state index in [2.05, 4.69) is 0 Å². The normalized spacial score (nSPS) is 10.6. The minimum Gasteiger partial charge on any atom is -0.326 e. The van der Waals surface area contributed by atoms with Gasteiger partial charge in [0.25, 0.3) is 0 Å². The lowest BCUT2D eigenvalue weighted by Crippen LogP contribution is -1.97. The molecule has 0 aliphatic rings. The van der Waals surface area contributed by atoms with E-state index in [4.69, 9.17) is 17.3 Å². The van der Waals surface area contributed by atoms with Gasteiger partial charge in [-0.3, -0.25) is 0 Å². The van der Waals surface area contributed by atoms with Crippen LogP contribution in [0.5, 0.6) is 0 Å². The zero-order chi connectivity index (χ0) is 9.14. The first kappa shape index (κ1) is 9.51. The van der Waals surface area contributed by atoms with Crippen LogP contribution in [0.4, 0.5) is 0 Å². The Morgan fingerprint density at radius 3 is 2.50 bits per heavy atom. The van der Waals surface area contributed by atoms with Crippen molar-refractivity contribution in [2.45, 2.75) is 11.4 Å². The third-order valence-electron chi connectivity index (χ3n) is 1.47. The fraction of sp³-hybridized carbons (Fsp3) is 0.143. The quantitative estimate of drug-likeness (QED) is 0.702. The molecular formula is C7H8ClNO2S. The Hall–Kier alpha value is -0.580. The summed E-state index contributed by atoms with van der Waals surface area (Å²) in [4.78, 5) is 0.215. The second kappa shape index (κ2) is 3.89. The molecule has 0 saturated heterocycles. The Morgan fingerprint density at radius 1 is 1.42 bits per heavy atom. The van der Waals surface area contributed by atoms with Gasteiger partial charge in [0.05, 0.1) is 4.90 Å². The molecule has 0 aliphatic carbocycles. The summed E-state index contributed by atoms with van der Waals surface area (Å²) in [6.07, 6.45) is 0. The van der Waals surface area contributed by atoms with Crippen LogP contribution in [0.2, 0.25) is 5.02 Å². The van der Waals surface area contributed by atoms with E-state index in [1.807, 2.05) is 0 Å². The molecule has 0 atom stereocenters. The van der Waals surface area contributed by atoms with Crippen molar-refractivity contribution in [1.29, 1.82) is 0 Å². The molecule has 0 spiro atoms. The van der Waals surface area contributed by atoms with Crippen LogP contribution in [0.25, 0.3) is 0 Å². The van der Waals surface area contributed by atoms with Crippen LogP contribution in [-0.2, 0) is 17.2 Å². The second-order valence-electron chi connectivity index (χ2n) is 2.24. The summed E-state index contributed by atoms with van der Waals surface area (Å²) in [5, 5.41) is 0.397. The molecule has 1 rings (SSSR count). The molecule has 1 aromatic carbocycles. The number of halogens is 1. The third-order valence-corrected chi connectivity index (χ3v) is 2.52. The van der Waals surface area contributed by atoms with E-state index in [-0.39, 0.29) is 4.90 Å². The number of hydrogen-bond donors (Lipinski definition) is 2. The van der Waals surface area contributed by atoms with Crippen molar-refractivity contribution in [2.75, 3.05) is 0 Å². The molecule has 3 nitrogen and oxygen atoms in total. The minimum atomic E-state index is -2.55. The minimum absolute atomic E-state index is 0.215. The van der Waals surface area contributed by atoms with Crippen LogP contribution in [0.1, 0.15) is 5.56 Å². The Kier molecular flexibility index (Phi) is 3.08. The highest BCUT2D eigenvalue weighted by Gasteiger charge is 2.00. The zero-order valence-electron chi connectivity index (χ0n) is 6.16. The van der Waals surface area contributed by atoms with Gasteiger partial charge >= 0.3 is 0 Å². The van der Waals surface area contributed by atoms with Gasteiger partial charge in [0, 0.05) is 11.6 Å². The molecule has 66 valence electrons. The first-order valence-electron chi connectivity index (χ1n) is 3.28. The maximum Gasteiger partial charge on any atom is 0.168 e. The SMILES string of the molecule is NCc1ccc([SH](=O)=O)cc1Cl. The molecule has 0 fully saturated rings. The van der Waals surface area contributed by atoms with Crippen molar-refractivity contribution in [2.24, 2.45) is 5.73 Å². The molecule has 0 aromatic heterocycles. The largest absolute Gasteiger partial charge is 0.326 e. The van der Waals surface area contributed by atoms with Gasteiger partial charge in [-0.2, -0.15) is 0 Å². The van der Waals surface area contributed by atoms with Gasteiger partial charge in [0.1, 0.15) is 0 Å². The van der Waals surface area contributed by atoms with E-state index in [9.17, 15) is 8.42 Å². The summed E-state index contributed by atoms with van der Waals surface area (Å²) in [6.45, 7) is 0.314. The summed E-state index contributed by atoms with van der Waals surface area (Å²) in [6, 6.07) is 4.50. The predicted molar refractivity (Wildman–Crippen MR) is 47.9 cm³/mol. The lowest BCUT2D eigenvalue weighted by Gasteiger charge is -1.99. The maximum atomic E-state index is 10.5. The van der Waals surface area contributed by atoms with Gasteiger partial charge in [0.2, 0.25) is 0 Å². The van der Waals surface area contributed by atoms with Gasteiger partial charge < -0.3 is 5.73 Å². The number of benzene rings is 1. The summed E-state index contributed by atoms with van der Waals surface area (Å²) < 4.78 is 21.0. The number of rotatable bonds is 2. The average molecular weight is 206 g/mol. The molecule has 0 bridgehead atoms. The molecular weight excluding hydrogens is 198 g/mol. The summed E-state index contributed by atoms with van der Waals surface area (Å²) in [5.41, 5.74) is 6.09. The topological polar surface area (TPSA) is 60.2 Å². The Morgan fingerprint density at radius 2 is 2.08 bits per heavy atom. The van der Waals surface area contributed by atoms with E-state index in [1.54, 1.807) is 6.07 Å². The smallest absolute Gasteiger partial charge is 0.168 e. The first-order chi connectivity index (χ1) is 5.65. The van der Waals surface area contributed by atoms with E-state index in [0.29, 0.717) is 11.6 Å². The van der Waals surface area contributed by atoms with Gasteiger partial charge in [0.15, 0.2) is 10.7 Å². The fourth-order valence-electron chi connectivity index (χ4n) is 0.815. The van der Waals surface area contributed by atoms with Crippen molar-refractivity contribution in [1.82, 2.24) is 0 Å². The van der Waals surface area contributed by atoms with Crippen molar-refractivity contribution in [3.8, 4) is 0 Å². The van der Waals surface area contributed by atoms with Crippen molar-refractivity contribution >= 4 is 22.3 Å². The number of thiol groups is 1. The standard InChI is InChI=1S/C7H8ClNO2S/c8-7-3-6(12(10)11)2-1-5(7)4-9/h1-3,12H,4,9H2. The zero-order valence-corrected chi connectivity index (χ0v) is 7.81. The third kappa shape index (κ3) is 1.97. The van der Waals surface area contributed by atoms with Gasteiger partial charge in [-0.1, -0.05) is 17.7 Å². The molecule has 0 saturated carbocycles. The highest BCUT2D eigenvalue weighted by atomic mass is 35.5. The van der Waals surface area contributed by atoms with Crippen LogP contribution in [0.3, 0.4) is 0 Å². The molecule has 1 aromatic rings. The van der Waals surface area contributed by atoms with E-state index >= 15 is 0 Å². The molecule has 0 unspecified atom stereocenters. The maximum absolute atomic E-state index is 10.5. The van der Waals surface area contributed by atoms with E-state index in [1.165, 1.54) is 12.1 Å². The van der Waals surface area contributed by atoms with Gasteiger partial charge in [-0.25, -0.2) is 8.42 Å². The van der Waals surface area contributed by atoms with Crippen LogP contribution in [0.15, 0.2) is 23.1 Å². The average Bonchev–Trinajstić information content (AvgIpc) is 2.04. The van der Waals surface area contributed by atoms with E-state index in [0.717, 1.165) is 5.56 Å². The summed E-state index contributed by atoms with van der Waals surface area (Å²) in [7, 11) is -2.55. The lowest BCUT2D eigenvalue weighted by atomic mass is 10.2. The van der Waals surface area contributed by atoms with Crippen molar-refractivity contribution < 1.29 is 8.42 Å². The first-order valence-corrected chi connectivity index (χ1v) is 4.83. The molecule has 0 aliphatic heterocycles. The number of nitrogens with two attached hydrogens (primary N) is 1. The number of hydrogen-bond acceptors (Lipinski definition) is 3. The molecule has 2 N–H and O–H groups in total. The Balaban J connectivity index is 3.18. The van der Waals surface area contributed by atoms with Gasteiger partial charge in [-0.15, -0.1) is 0 Å². The second-order valence-corrected chi connectivity index (χ2v) is 3.67. The molecule has 5 heteroatoms. The predicted octanol–water partition coefficient (Wildman–Crippen LogP) is 0.769. The highest BCUT2D eigenvalue weighted by molar-refractivity contribution is 7.72. The monoisotopic (exact) mass is 205 g/mol. The molecule has 0 heterocycles. The van der Waals surface area contributed by atoms with E-state index < -0.39 is 10.7 Å². The highest BCUT2D eigenvalue weighted by Crippen LogP contribution is 2.17. The van der Waals surface area contributed by atoms with Crippen molar-refractivity contribution in [3.05, 3.63) is 28.8 Å². The van der Waals surface area contributed by atoms with Crippen LogP contribution < -0.4 is 5.73 Å². The van der Waals surface area contributed by atoms with Gasteiger partial charge in [-0.05, 0) is 17.7 Å². The Labute approximate surface area is 77.1 Å². The lowest BCUT2D eigenvalue weighted by molar-refractivity contribution is 0.614. The summed E-state index contributed by atoms with van der Waals surface area (Å²) in [5.74, 6) is 0. The van der Waals surface area contributed by atoms with Crippen LogP contribution in [-0.4, -0.2) is 8.42 Å². The summed E-state index contributed by atoms with van der Waals surface area (Å²) >= 11 is 5.73.